The van der Waals surface area contributed by atoms with Gasteiger partial charge in [0, 0.05) is 24.0 Å². The highest BCUT2D eigenvalue weighted by Gasteiger charge is 2.26. The Balaban J connectivity index is 1.97. The molecule has 1 unspecified atom stereocenters. The number of carbonyl (C=O) groups is 1. The van der Waals surface area contributed by atoms with Gasteiger partial charge in [-0.25, -0.2) is 9.78 Å². The lowest BCUT2D eigenvalue weighted by Crippen LogP contribution is -2.37. The number of anilines is 3. The summed E-state index contributed by atoms with van der Waals surface area (Å²) < 4.78 is 16.5. The van der Waals surface area contributed by atoms with Crippen molar-refractivity contribution < 1.29 is 19.0 Å². The third-order valence-corrected chi connectivity index (χ3v) is 5.16. The topological polar surface area (TPSA) is 112 Å². The Morgan fingerprint density at radius 1 is 1.14 bits per heavy atom. The summed E-state index contributed by atoms with van der Waals surface area (Å²) in [6.07, 6.45) is 2.95. The number of nitrogens with zero attached hydrogens (tertiary/aromatic N) is 3. The molecular weight excluding hydrogens is 446 g/mol. The third kappa shape index (κ3) is 6.75. The number of nitrogen functional groups attached to an aromatic ring is 1. The summed E-state index contributed by atoms with van der Waals surface area (Å²) in [7, 11) is 3.15. The Kier molecular flexibility index (Phi) is 8.01. The Morgan fingerprint density at radius 2 is 1.91 bits per heavy atom. The highest BCUT2D eigenvalue weighted by atomic mass is 16.6. The Morgan fingerprint density at radius 3 is 2.54 bits per heavy atom. The number of benzene rings is 1. The maximum atomic E-state index is 13.3. The van der Waals surface area contributed by atoms with Crippen molar-refractivity contribution in [2.24, 2.45) is 0 Å². The number of hydrogen-bond donors (Lipinski definition) is 2. The van der Waals surface area contributed by atoms with Crippen LogP contribution in [0.5, 0.6) is 11.5 Å². The van der Waals surface area contributed by atoms with Crippen molar-refractivity contribution in [3.05, 3.63) is 66.0 Å². The van der Waals surface area contributed by atoms with Crippen molar-refractivity contribution in [1.82, 2.24) is 9.97 Å². The molecule has 0 aliphatic rings. The number of carbonyl (C=O) groups excluding carboxylic acids is 1. The van der Waals surface area contributed by atoms with Crippen LogP contribution in [0.4, 0.5) is 22.1 Å². The number of methoxy groups -OCH3 is 2. The maximum Gasteiger partial charge on any atom is 0.416 e. The zero-order valence-electron chi connectivity index (χ0n) is 21.0. The molecule has 0 bridgehead atoms. The van der Waals surface area contributed by atoms with Crippen LogP contribution in [-0.2, 0) is 11.3 Å². The Hall–Kier alpha value is -4.01. The van der Waals surface area contributed by atoms with Crippen LogP contribution in [0.3, 0.4) is 0 Å². The quantitative estimate of drug-likeness (QED) is 0.454. The van der Waals surface area contributed by atoms with Crippen LogP contribution >= 0.6 is 0 Å². The average Bonchev–Trinajstić information content (AvgIpc) is 2.83. The van der Waals surface area contributed by atoms with E-state index in [9.17, 15) is 4.79 Å². The molecule has 0 aliphatic carbocycles. The molecule has 1 amide bonds. The van der Waals surface area contributed by atoms with Crippen LogP contribution in [0.15, 0.2) is 54.9 Å². The van der Waals surface area contributed by atoms with Crippen LogP contribution in [0.1, 0.15) is 44.9 Å². The zero-order valence-corrected chi connectivity index (χ0v) is 21.0. The first-order valence-corrected chi connectivity index (χ1v) is 11.3. The van der Waals surface area contributed by atoms with Crippen molar-refractivity contribution in [2.75, 3.05) is 30.2 Å². The van der Waals surface area contributed by atoms with Gasteiger partial charge in [0.05, 0.1) is 32.5 Å². The summed E-state index contributed by atoms with van der Waals surface area (Å²) in [5, 5.41) is 3.31. The molecule has 3 rings (SSSR count). The van der Waals surface area contributed by atoms with E-state index in [4.69, 9.17) is 19.9 Å². The second kappa shape index (κ2) is 10.9. The largest absolute Gasteiger partial charge is 0.497 e. The van der Waals surface area contributed by atoms with Crippen molar-refractivity contribution >= 4 is 23.4 Å². The number of nitrogens with one attached hydrogen (secondary N) is 1. The fourth-order valence-electron chi connectivity index (χ4n) is 3.36. The second-order valence-electron chi connectivity index (χ2n) is 9.00. The highest BCUT2D eigenvalue weighted by molar-refractivity contribution is 5.87. The molecule has 9 heteroatoms. The van der Waals surface area contributed by atoms with E-state index in [1.807, 2.05) is 52.0 Å². The van der Waals surface area contributed by atoms with Crippen LogP contribution in [-0.4, -0.2) is 35.9 Å². The minimum atomic E-state index is -0.691. The molecule has 1 aromatic carbocycles. The van der Waals surface area contributed by atoms with Crippen LogP contribution < -0.4 is 25.4 Å². The van der Waals surface area contributed by atoms with Crippen LogP contribution in [0.2, 0.25) is 0 Å². The number of rotatable bonds is 8. The van der Waals surface area contributed by atoms with Gasteiger partial charge in [0.15, 0.2) is 5.82 Å². The van der Waals surface area contributed by atoms with Gasteiger partial charge in [-0.05, 0) is 63.6 Å². The smallest absolute Gasteiger partial charge is 0.416 e. The number of amides is 1. The average molecular weight is 480 g/mol. The fourth-order valence-corrected chi connectivity index (χ4v) is 3.36. The van der Waals surface area contributed by atoms with Gasteiger partial charge in [0.1, 0.15) is 22.9 Å². The number of ether oxygens (including phenoxy) is 3. The Labute approximate surface area is 206 Å². The highest BCUT2D eigenvalue weighted by Crippen LogP contribution is 2.30. The summed E-state index contributed by atoms with van der Waals surface area (Å²) in [5.74, 6) is 2.06. The molecule has 0 radical (unpaired) electrons. The maximum absolute atomic E-state index is 13.3. The molecule has 0 saturated heterocycles. The molecule has 0 spiro atoms. The van der Waals surface area contributed by atoms with Gasteiger partial charge in [-0.1, -0.05) is 6.07 Å². The minimum absolute atomic E-state index is 0.106. The summed E-state index contributed by atoms with van der Waals surface area (Å²) in [4.78, 5) is 23.6. The van der Waals surface area contributed by atoms with Crippen LogP contribution in [0.25, 0.3) is 0 Å². The molecule has 0 saturated carbocycles. The first kappa shape index (κ1) is 25.6. The van der Waals surface area contributed by atoms with Crippen molar-refractivity contribution in [3.8, 4) is 11.5 Å². The molecule has 3 aromatic rings. The Bertz CT molecular complexity index is 1150. The first-order valence-electron chi connectivity index (χ1n) is 11.3. The van der Waals surface area contributed by atoms with Crippen LogP contribution in [0, 0.1) is 0 Å². The fraction of sp³-hybridized carbons (Fsp3) is 0.346. The molecular formula is C26H33N5O4. The van der Waals surface area contributed by atoms with E-state index >= 15 is 0 Å². The number of aromatic nitrogens is 2. The van der Waals surface area contributed by atoms with Gasteiger partial charge in [0.2, 0.25) is 0 Å². The van der Waals surface area contributed by atoms with E-state index in [1.165, 1.54) is 4.90 Å². The summed E-state index contributed by atoms with van der Waals surface area (Å²) in [5.41, 5.74) is 7.72. The normalized spacial score (nSPS) is 11.9. The predicted octanol–water partition coefficient (Wildman–Crippen LogP) is 5.19. The van der Waals surface area contributed by atoms with E-state index in [0.29, 0.717) is 28.8 Å². The molecule has 186 valence electrons. The van der Waals surface area contributed by atoms with Gasteiger partial charge in [-0.15, -0.1) is 0 Å². The second-order valence-corrected chi connectivity index (χ2v) is 9.00. The number of nitrogens with two attached hydrogens (primary N) is 1. The van der Waals surface area contributed by atoms with Crippen molar-refractivity contribution in [3.63, 3.8) is 0 Å². The van der Waals surface area contributed by atoms with Gasteiger partial charge in [-0.2, -0.15) is 0 Å². The molecule has 0 fully saturated rings. The molecule has 1 atom stereocenters. The van der Waals surface area contributed by atoms with E-state index in [0.717, 1.165) is 11.1 Å². The number of hydrogen-bond acceptors (Lipinski definition) is 8. The lowest BCUT2D eigenvalue weighted by atomic mass is 10.1. The predicted molar refractivity (Wildman–Crippen MR) is 137 cm³/mol. The molecule has 3 N–H and O–H groups in total. The summed E-state index contributed by atoms with van der Waals surface area (Å²) in [6.45, 7) is 7.59. The summed E-state index contributed by atoms with van der Waals surface area (Å²) in [6, 6.07) is 12.5. The van der Waals surface area contributed by atoms with E-state index < -0.39 is 11.7 Å². The zero-order chi connectivity index (χ0) is 25.6. The van der Waals surface area contributed by atoms with E-state index in [-0.39, 0.29) is 12.6 Å². The van der Waals surface area contributed by atoms with E-state index in [1.54, 1.807) is 44.8 Å². The molecule has 2 aromatic heterocycles. The number of pyridine rings is 2. The summed E-state index contributed by atoms with van der Waals surface area (Å²) >= 11 is 0. The molecule has 0 aliphatic heterocycles. The third-order valence-electron chi connectivity index (χ3n) is 5.16. The molecule has 9 nitrogen and oxygen atoms in total. The van der Waals surface area contributed by atoms with Gasteiger partial charge < -0.3 is 25.3 Å². The van der Waals surface area contributed by atoms with Crippen molar-refractivity contribution in [2.45, 2.75) is 45.9 Å². The molecule has 35 heavy (non-hydrogen) atoms. The lowest BCUT2D eigenvalue weighted by molar-refractivity contribution is 0.0576. The van der Waals surface area contributed by atoms with Gasteiger partial charge in [-0.3, -0.25) is 9.88 Å². The first-order chi connectivity index (χ1) is 16.6. The standard InChI is InChI=1S/C26H33N5O4/c1-17(18-8-7-13-28-15-18)29-24-21(27)11-12-23(30-24)31(25(32)35-26(2,3)4)16-19-9-10-20(33-5)14-22(19)34-6/h7-15,17H,16,27H2,1-6H3,(H,29,30). The van der Waals surface area contributed by atoms with Gasteiger partial charge in [0.25, 0.3) is 0 Å². The minimum Gasteiger partial charge on any atom is -0.497 e. The SMILES string of the molecule is COc1ccc(CN(C(=O)OC(C)(C)C)c2ccc(N)c(NC(C)c3cccnc3)n2)c(OC)c1. The monoisotopic (exact) mass is 479 g/mol. The lowest BCUT2D eigenvalue weighted by Gasteiger charge is -2.28. The molecule has 2 heterocycles. The van der Waals surface area contributed by atoms with Gasteiger partial charge >= 0.3 is 6.09 Å². The van der Waals surface area contributed by atoms with Crippen molar-refractivity contribution in [1.29, 1.82) is 0 Å². The van der Waals surface area contributed by atoms with E-state index in [2.05, 4.69) is 15.3 Å².